The van der Waals surface area contributed by atoms with Crippen molar-refractivity contribution >= 4 is 35.3 Å². The Morgan fingerprint density at radius 1 is 1.00 bits per heavy atom. The topological polar surface area (TPSA) is 86.7 Å². The van der Waals surface area contributed by atoms with E-state index in [0.29, 0.717) is 5.69 Å². The maximum atomic E-state index is 13.0. The van der Waals surface area contributed by atoms with Gasteiger partial charge in [0.1, 0.15) is 12.2 Å². The van der Waals surface area contributed by atoms with Gasteiger partial charge in [-0.05, 0) is 87.7 Å². The Morgan fingerprint density at radius 3 is 2.34 bits per heavy atom. The second kappa shape index (κ2) is 11.4. The van der Waals surface area contributed by atoms with Crippen molar-refractivity contribution in [2.45, 2.75) is 41.0 Å². The zero-order valence-corrected chi connectivity index (χ0v) is 22.7. The van der Waals surface area contributed by atoms with Gasteiger partial charge in [0.15, 0.2) is 0 Å². The van der Waals surface area contributed by atoms with Crippen LogP contribution in [0.5, 0.6) is 0 Å². The van der Waals surface area contributed by atoms with E-state index < -0.39 is 17.8 Å². The number of rotatable bonds is 9. The minimum Gasteiger partial charge on any atom is -0.372 e. The lowest BCUT2D eigenvalue weighted by Crippen LogP contribution is -2.38. The number of aryl methyl sites for hydroxylation is 2. The number of aromatic nitrogens is 1. The molecule has 0 bridgehead atoms. The number of urea groups is 1. The molecule has 1 fully saturated rings. The van der Waals surface area contributed by atoms with Crippen molar-refractivity contribution in [3.63, 3.8) is 0 Å². The summed E-state index contributed by atoms with van der Waals surface area (Å²) in [4.78, 5) is 41.5. The molecule has 0 atom stereocenters. The fourth-order valence-electron chi connectivity index (χ4n) is 4.89. The van der Waals surface area contributed by atoms with Crippen LogP contribution in [-0.2, 0) is 16.0 Å². The number of nitrogens with zero attached hydrogens (tertiary/aromatic N) is 3. The highest BCUT2D eigenvalue weighted by Crippen LogP contribution is 2.26. The quantitative estimate of drug-likeness (QED) is 0.310. The molecule has 8 heteroatoms. The Hall–Kier alpha value is -4.33. The first-order valence-electron chi connectivity index (χ1n) is 13.0. The number of amides is 4. The van der Waals surface area contributed by atoms with Crippen molar-refractivity contribution in [1.29, 1.82) is 0 Å². The average Bonchev–Trinajstić information content (AvgIpc) is 3.34. The Balaban J connectivity index is 1.51. The lowest BCUT2D eigenvalue weighted by atomic mass is 10.1. The Bertz CT molecular complexity index is 1380. The van der Waals surface area contributed by atoms with Crippen molar-refractivity contribution in [2.75, 3.05) is 29.9 Å². The van der Waals surface area contributed by atoms with Crippen LogP contribution < -0.4 is 15.5 Å². The van der Waals surface area contributed by atoms with Crippen LogP contribution in [0.25, 0.3) is 11.8 Å². The highest BCUT2D eigenvalue weighted by Gasteiger charge is 2.35. The fraction of sp³-hybridized carbons (Fsp3) is 0.300. The van der Waals surface area contributed by atoms with Crippen LogP contribution >= 0.6 is 0 Å². The van der Waals surface area contributed by atoms with Gasteiger partial charge in [0, 0.05) is 41.5 Å². The van der Waals surface area contributed by atoms with Gasteiger partial charge in [-0.2, -0.15) is 0 Å². The number of hydrogen-bond acceptors (Lipinski definition) is 4. The number of carbonyl (C=O) groups excluding carboxylic acids is 3. The van der Waals surface area contributed by atoms with E-state index in [1.54, 1.807) is 12.1 Å². The van der Waals surface area contributed by atoms with E-state index in [1.165, 1.54) is 5.69 Å². The number of imide groups is 1. The molecule has 4 rings (SSSR count). The molecule has 1 aromatic heterocycles. The third-order valence-electron chi connectivity index (χ3n) is 6.94. The normalized spacial score (nSPS) is 14.2. The summed E-state index contributed by atoms with van der Waals surface area (Å²) in [6, 6.07) is 17.2. The van der Waals surface area contributed by atoms with E-state index in [2.05, 4.69) is 58.2 Å². The van der Waals surface area contributed by atoms with Crippen LogP contribution in [0, 0.1) is 13.8 Å². The van der Waals surface area contributed by atoms with Crippen LogP contribution in [-0.4, -0.2) is 46.9 Å². The van der Waals surface area contributed by atoms with Crippen molar-refractivity contribution in [1.82, 2.24) is 14.8 Å². The summed E-state index contributed by atoms with van der Waals surface area (Å²) in [6.45, 7) is 11.8. The van der Waals surface area contributed by atoms with E-state index in [4.69, 9.17) is 0 Å². The van der Waals surface area contributed by atoms with Gasteiger partial charge in [-0.3, -0.25) is 9.59 Å². The van der Waals surface area contributed by atoms with Crippen LogP contribution in [0.15, 0.2) is 60.3 Å². The monoisotopic (exact) mass is 513 g/mol. The number of para-hydroxylation sites is 1. The molecule has 38 heavy (non-hydrogen) atoms. The molecule has 1 aliphatic heterocycles. The number of hydrogen-bond donors (Lipinski definition) is 2. The van der Waals surface area contributed by atoms with E-state index in [-0.39, 0.29) is 12.2 Å². The van der Waals surface area contributed by atoms with Gasteiger partial charge in [0.2, 0.25) is 5.91 Å². The molecule has 2 heterocycles. The van der Waals surface area contributed by atoms with Gasteiger partial charge >= 0.3 is 6.03 Å². The molecule has 0 unspecified atom stereocenters. The summed E-state index contributed by atoms with van der Waals surface area (Å²) in [5.74, 6) is -0.954. The van der Waals surface area contributed by atoms with Gasteiger partial charge < -0.3 is 20.1 Å². The predicted octanol–water partition coefficient (Wildman–Crippen LogP) is 5.03. The molecule has 198 valence electrons. The third-order valence-corrected chi connectivity index (χ3v) is 6.94. The number of nitrogens with one attached hydrogen (secondary N) is 2. The highest BCUT2D eigenvalue weighted by molar-refractivity contribution is 6.16. The maximum absolute atomic E-state index is 13.0. The molecule has 3 aromatic rings. The molecule has 1 aliphatic rings. The summed E-state index contributed by atoms with van der Waals surface area (Å²) in [7, 11) is 0. The minimum absolute atomic E-state index is 0.147. The summed E-state index contributed by atoms with van der Waals surface area (Å²) in [5.41, 5.74) is 6.78. The standard InChI is InChI=1S/C30H35N5O3/c1-6-22-11-9-10-12-26(22)31-28(36)19-34-29(37)27(32-30(34)38)18-23-17-20(4)35(21(23)5)25-15-13-24(14-16-25)33(7-2)8-3/h9-18H,6-8,19H2,1-5H3,(H,31,36)(H,32,38)/b27-18+. The van der Waals surface area contributed by atoms with Crippen molar-refractivity contribution in [3.05, 3.63) is 82.8 Å². The summed E-state index contributed by atoms with van der Waals surface area (Å²) in [5, 5.41) is 5.44. The average molecular weight is 514 g/mol. The van der Waals surface area contributed by atoms with E-state index >= 15 is 0 Å². The Labute approximate surface area is 223 Å². The molecule has 0 spiro atoms. The Kier molecular flexibility index (Phi) is 8.00. The molecule has 2 N–H and O–H groups in total. The van der Waals surface area contributed by atoms with Crippen LogP contribution in [0.3, 0.4) is 0 Å². The van der Waals surface area contributed by atoms with Crippen molar-refractivity contribution < 1.29 is 14.4 Å². The number of anilines is 2. The van der Waals surface area contributed by atoms with E-state index in [0.717, 1.165) is 52.6 Å². The molecule has 1 saturated heterocycles. The van der Waals surface area contributed by atoms with Gasteiger partial charge in [-0.1, -0.05) is 25.1 Å². The smallest absolute Gasteiger partial charge is 0.329 e. The van der Waals surface area contributed by atoms with Gasteiger partial charge in [-0.25, -0.2) is 9.69 Å². The summed E-state index contributed by atoms with van der Waals surface area (Å²) < 4.78 is 2.12. The van der Waals surface area contributed by atoms with Crippen LogP contribution in [0.2, 0.25) is 0 Å². The summed E-state index contributed by atoms with van der Waals surface area (Å²) >= 11 is 0. The van der Waals surface area contributed by atoms with Gasteiger partial charge in [0.05, 0.1) is 0 Å². The molecular weight excluding hydrogens is 478 g/mol. The molecule has 8 nitrogen and oxygen atoms in total. The Morgan fingerprint density at radius 2 is 1.68 bits per heavy atom. The second-order valence-electron chi connectivity index (χ2n) is 9.29. The SMILES string of the molecule is CCc1ccccc1NC(=O)CN1C(=O)N/C(=C/c2cc(C)n(-c3ccc(N(CC)CC)cc3)c2C)C1=O. The zero-order valence-electron chi connectivity index (χ0n) is 22.7. The highest BCUT2D eigenvalue weighted by atomic mass is 16.2. The maximum Gasteiger partial charge on any atom is 0.329 e. The molecular formula is C30H35N5O3. The van der Waals surface area contributed by atoms with E-state index in [9.17, 15) is 14.4 Å². The number of benzene rings is 2. The molecule has 2 aromatic carbocycles. The lowest BCUT2D eigenvalue weighted by molar-refractivity contribution is -0.127. The summed E-state index contributed by atoms with van der Waals surface area (Å²) in [6.07, 6.45) is 2.43. The molecule has 0 aliphatic carbocycles. The van der Waals surface area contributed by atoms with Crippen molar-refractivity contribution in [3.8, 4) is 5.69 Å². The van der Waals surface area contributed by atoms with Crippen LogP contribution in [0.4, 0.5) is 16.2 Å². The largest absolute Gasteiger partial charge is 0.372 e. The predicted molar refractivity (Wildman–Crippen MR) is 151 cm³/mol. The molecule has 0 radical (unpaired) electrons. The van der Waals surface area contributed by atoms with Crippen molar-refractivity contribution in [2.24, 2.45) is 0 Å². The zero-order chi connectivity index (χ0) is 27.4. The van der Waals surface area contributed by atoms with Crippen LogP contribution in [0.1, 0.15) is 43.3 Å². The van der Waals surface area contributed by atoms with E-state index in [1.807, 2.05) is 45.0 Å². The third kappa shape index (κ3) is 5.34. The van der Waals surface area contributed by atoms with Gasteiger partial charge in [0.25, 0.3) is 5.91 Å². The lowest BCUT2D eigenvalue weighted by Gasteiger charge is -2.21. The first-order chi connectivity index (χ1) is 18.3. The van der Waals surface area contributed by atoms with Gasteiger partial charge in [-0.15, -0.1) is 0 Å². The number of carbonyl (C=O) groups is 3. The fourth-order valence-corrected chi connectivity index (χ4v) is 4.89. The second-order valence-corrected chi connectivity index (χ2v) is 9.29. The first-order valence-corrected chi connectivity index (χ1v) is 13.0. The molecule has 4 amide bonds. The first kappa shape index (κ1) is 26.7. The molecule has 0 saturated carbocycles. The minimum atomic E-state index is -0.610.